The first kappa shape index (κ1) is 13.3. The highest BCUT2D eigenvalue weighted by Gasteiger charge is 2.34. The van der Waals surface area contributed by atoms with Crippen molar-refractivity contribution < 1.29 is 27.8 Å². The molecule has 3 nitrogen and oxygen atoms in total. The zero-order chi connectivity index (χ0) is 13.2. The monoisotopic (exact) mass is 262 g/mol. The summed E-state index contributed by atoms with van der Waals surface area (Å²) in [4.78, 5) is 0. The van der Waals surface area contributed by atoms with E-state index in [9.17, 15) is 13.2 Å². The molecule has 0 aromatic heterocycles. The maximum Gasteiger partial charge on any atom is 0.416 e. The quantitative estimate of drug-likeness (QED) is 0.905. The summed E-state index contributed by atoms with van der Waals surface area (Å²) in [6.45, 7) is 0.00672. The summed E-state index contributed by atoms with van der Waals surface area (Å²) >= 11 is 0. The fourth-order valence-corrected chi connectivity index (χ4v) is 1.87. The third kappa shape index (κ3) is 3.01. The second kappa shape index (κ2) is 5.26. The number of hydrogen-bond acceptors (Lipinski definition) is 3. The highest BCUT2D eigenvalue weighted by Crippen LogP contribution is 2.33. The summed E-state index contributed by atoms with van der Waals surface area (Å²) < 4.78 is 48.7. The zero-order valence-electron chi connectivity index (χ0n) is 9.48. The first-order valence-electron chi connectivity index (χ1n) is 5.53. The highest BCUT2D eigenvalue weighted by atomic mass is 19.4. The van der Waals surface area contributed by atoms with E-state index in [-0.39, 0.29) is 25.2 Å². The standard InChI is InChI=1S/C12H13F3O3/c13-12(14,15)10-4-2-1-3-8(10)5-11-17-7-9(6-16)18-11/h1-4,9,11,16H,5-7H2. The van der Waals surface area contributed by atoms with Crippen LogP contribution >= 0.6 is 0 Å². The van der Waals surface area contributed by atoms with Crippen molar-refractivity contribution in [2.24, 2.45) is 0 Å². The maximum atomic E-state index is 12.7. The van der Waals surface area contributed by atoms with Gasteiger partial charge >= 0.3 is 6.18 Å². The molecule has 2 unspecified atom stereocenters. The van der Waals surface area contributed by atoms with Gasteiger partial charge in [-0.05, 0) is 11.6 Å². The van der Waals surface area contributed by atoms with Crippen LogP contribution in [0.1, 0.15) is 11.1 Å². The van der Waals surface area contributed by atoms with Gasteiger partial charge in [-0.3, -0.25) is 0 Å². The van der Waals surface area contributed by atoms with Crippen LogP contribution in [0.4, 0.5) is 13.2 Å². The Morgan fingerprint density at radius 3 is 2.61 bits per heavy atom. The minimum absolute atomic E-state index is 0.0200. The first-order chi connectivity index (χ1) is 8.50. The van der Waals surface area contributed by atoms with E-state index < -0.39 is 24.1 Å². The normalized spacial score (nSPS) is 24.4. The molecule has 1 heterocycles. The van der Waals surface area contributed by atoms with Gasteiger partial charge in [0.25, 0.3) is 0 Å². The topological polar surface area (TPSA) is 38.7 Å². The van der Waals surface area contributed by atoms with Crippen LogP contribution in [0.3, 0.4) is 0 Å². The van der Waals surface area contributed by atoms with Gasteiger partial charge in [0, 0.05) is 6.42 Å². The molecule has 2 atom stereocenters. The fraction of sp³-hybridized carbons (Fsp3) is 0.500. The van der Waals surface area contributed by atoms with E-state index in [0.717, 1.165) is 6.07 Å². The van der Waals surface area contributed by atoms with E-state index in [0.29, 0.717) is 0 Å². The summed E-state index contributed by atoms with van der Waals surface area (Å²) in [5.41, 5.74) is -0.543. The van der Waals surface area contributed by atoms with Crippen molar-refractivity contribution in [1.82, 2.24) is 0 Å². The van der Waals surface area contributed by atoms with Gasteiger partial charge in [0.2, 0.25) is 0 Å². The van der Waals surface area contributed by atoms with Crippen LogP contribution in [-0.2, 0) is 22.1 Å². The summed E-state index contributed by atoms with van der Waals surface area (Å²) in [7, 11) is 0. The van der Waals surface area contributed by atoms with Crippen molar-refractivity contribution in [3.8, 4) is 0 Å². The molecule has 1 fully saturated rings. The summed E-state index contributed by atoms with van der Waals surface area (Å²) in [5.74, 6) is 0. The van der Waals surface area contributed by atoms with Gasteiger partial charge in [0.05, 0.1) is 18.8 Å². The Labute approximate surface area is 102 Å². The molecule has 0 radical (unpaired) electrons. The number of alkyl halides is 3. The van der Waals surface area contributed by atoms with Crippen LogP contribution in [-0.4, -0.2) is 30.7 Å². The molecule has 2 rings (SSSR count). The number of aliphatic hydroxyl groups excluding tert-OH is 1. The Hall–Kier alpha value is -1.11. The number of benzene rings is 1. The molecular weight excluding hydrogens is 249 g/mol. The molecule has 1 aliphatic heterocycles. The summed E-state index contributed by atoms with van der Waals surface area (Å²) in [6, 6.07) is 5.33. The Bertz CT molecular complexity index is 406. The van der Waals surface area contributed by atoms with Gasteiger partial charge in [-0.15, -0.1) is 0 Å². The van der Waals surface area contributed by atoms with Crippen molar-refractivity contribution in [2.45, 2.75) is 25.0 Å². The predicted octanol–water partition coefficient (Wildman–Crippen LogP) is 1.98. The summed E-state index contributed by atoms with van der Waals surface area (Å²) in [6.07, 6.45) is -5.55. The molecule has 0 aliphatic carbocycles. The average Bonchev–Trinajstić information content (AvgIpc) is 2.76. The van der Waals surface area contributed by atoms with Gasteiger partial charge < -0.3 is 14.6 Å². The van der Waals surface area contributed by atoms with E-state index in [2.05, 4.69) is 0 Å². The van der Waals surface area contributed by atoms with Crippen LogP contribution in [0, 0.1) is 0 Å². The lowest BCUT2D eigenvalue weighted by molar-refractivity contribution is -0.139. The maximum absolute atomic E-state index is 12.7. The van der Waals surface area contributed by atoms with Crippen molar-refractivity contribution in [3.63, 3.8) is 0 Å². The van der Waals surface area contributed by atoms with Crippen LogP contribution in [0.5, 0.6) is 0 Å². The van der Waals surface area contributed by atoms with Crippen molar-refractivity contribution in [3.05, 3.63) is 35.4 Å². The molecule has 1 saturated heterocycles. The molecule has 1 N–H and O–H groups in total. The van der Waals surface area contributed by atoms with Crippen molar-refractivity contribution in [1.29, 1.82) is 0 Å². The number of rotatable bonds is 3. The minimum atomic E-state index is -4.38. The minimum Gasteiger partial charge on any atom is -0.394 e. The second-order valence-electron chi connectivity index (χ2n) is 4.06. The molecule has 1 aliphatic rings. The SMILES string of the molecule is OCC1COC(Cc2ccccc2C(F)(F)F)O1. The van der Waals surface area contributed by atoms with E-state index in [1.807, 2.05) is 0 Å². The number of hydrogen-bond donors (Lipinski definition) is 1. The van der Waals surface area contributed by atoms with E-state index in [4.69, 9.17) is 14.6 Å². The lowest BCUT2D eigenvalue weighted by Crippen LogP contribution is -2.19. The van der Waals surface area contributed by atoms with Gasteiger partial charge in [-0.25, -0.2) is 0 Å². The average molecular weight is 262 g/mol. The van der Waals surface area contributed by atoms with Crippen LogP contribution in [0.25, 0.3) is 0 Å². The third-order valence-electron chi connectivity index (χ3n) is 2.73. The van der Waals surface area contributed by atoms with E-state index in [1.165, 1.54) is 12.1 Å². The van der Waals surface area contributed by atoms with Crippen LogP contribution < -0.4 is 0 Å². The Kier molecular flexibility index (Phi) is 3.89. The van der Waals surface area contributed by atoms with Gasteiger partial charge in [0.15, 0.2) is 6.29 Å². The predicted molar refractivity (Wildman–Crippen MR) is 56.8 cm³/mol. The summed E-state index contributed by atoms with van der Waals surface area (Å²) in [5, 5.41) is 8.85. The number of ether oxygens (including phenoxy) is 2. The van der Waals surface area contributed by atoms with Gasteiger partial charge in [0.1, 0.15) is 6.10 Å². The van der Waals surface area contributed by atoms with Crippen LogP contribution in [0.2, 0.25) is 0 Å². The number of aliphatic hydroxyl groups is 1. The lowest BCUT2D eigenvalue weighted by Gasteiger charge is -2.15. The number of halogens is 3. The molecule has 18 heavy (non-hydrogen) atoms. The zero-order valence-corrected chi connectivity index (χ0v) is 9.48. The molecule has 100 valence electrons. The molecule has 1 aromatic rings. The molecular formula is C12H13F3O3. The second-order valence-corrected chi connectivity index (χ2v) is 4.06. The largest absolute Gasteiger partial charge is 0.416 e. The smallest absolute Gasteiger partial charge is 0.394 e. The van der Waals surface area contributed by atoms with E-state index in [1.54, 1.807) is 6.07 Å². The Balaban J connectivity index is 2.10. The Morgan fingerprint density at radius 2 is 2.00 bits per heavy atom. The third-order valence-corrected chi connectivity index (χ3v) is 2.73. The van der Waals surface area contributed by atoms with E-state index >= 15 is 0 Å². The molecule has 0 bridgehead atoms. The lowest BCUT2D eigenvalue weighted by atomic mass is 10.0. The molecule has 6 heteroatoms. The molecule has 0 spiro atoms. The van der Waals surface area contributed by atoms with Crippen molar-refractivity contribution >= 4 is 0 Å². The molecule has 0 amide bonds. The van der Waals surface area contributed by atoms with Crippen LogP contribution in [0.15, 0.2) is 24.3 Å². The van der Waals surface area contributed by atoms with Gasteiger partial charge in [-0.1, -0.05) is 18.2 Å². The highest BCUT2D eigenvalue weighted by molar-refractivity contribution is 5.30. The molecule has 0 saturated carbocycles. The molecule has 1 aromatic carbocycles. The first-order valence-corrected chi connectivity index (χ1v) is 5.53. The Morgan fingerprint density at radius 1 is 1.28 bits per heavy atom. The van der Waals surface area contributed by atoms with Crippen molar-refractivity contribution in [2.75, 3.05) is 13.2 Å². The fourth-order valence-electron chi connectivity index (χ4n) is 1.87. The van der Waals surface area contributed by atoms with Gasteiger partial charge in [-0.2, -0.15) is 13.2 Å².